The molecule has 0 aliphatic rings. The molecule has 0 saturated heterocycles. The van der Waals surface area contributed by atoms with E-state index in [0.29, 0.717) is 13.2 Å². The van der Waals surface area contributed by atoms with E-state index in [9.17, 15) is 0 Å². The molecule has 0 radical (unpaired) electrons. The quantitative estimate of drug-likeness (QED) is 0.342. The molecule has 0 heterocycles. The lowest BCUT2D eigenvalue weighted by molar-refractivity contribution is 0.0747. The van der Waals surface area contributed by atoms with Crippen LogP contribution in [0.15, 0.2) is 77.3 Å². The van der Waals surface area contributed by atoms with Gasteiger partial charge in [-0.05, 0) is 66.1 Å². The predicted octanol–water partition coefficient (Wildman–Crippen LogP) is 7.78. The number of halogens is 2. The Morgan fingerprint density at radius 3 is 2.32 bits per heavy atom. The summed E-state index contributed by atoms with van der Waals surface area (Å²) in [6.07, 6.45) is 0.987. The Morgan fingerprint density at radius 2 is 1.64 bits per heavy atom. The lowest BCUT2D eigenvalue weighted by Crippen LogP contribution is -2.27. The summed E-state index contributed by atoms with van der Waals surface area (Å²) in [5.74, 6) is 1.61. The normalized spacial score (nSPS) is 13.1. The zero-order valence-corrected chi connectivity index (χ0v) is 18.5. The molecule has 1 atom stereocenters. The molecule has 0 N–H and O–H groups in total. The minimum atomic E-state index is -0.0455. The van der Waals surface area contributed by atoms with Gasteiger partial charge in [0.05, 0.1) is 13.2 Å². The monoisotopic (exact) mass is 458 g/mol. The van der Waals surface area contributed by atoms with Crippen LogP contribution in [-0.2, 0) is 16.8 Å². The predicted molar refractivity (Wildman–Crippen MR) is 119 cm³/mol. The highest BCUT2D eigenvalue weighted by molar-refractivity contribution is 9.10. The Hall–Kier alpha value is -1.81. The van der Waals surface area contributed by atoms with Crippen LogP contribution >= 0.6 is 27.5 Å². The van der Waals surface area contributed by atoms with Gasteiger partial charge < -0.3 is 9.47 Å². The molecule has 0 bridgehead atoms. The molecule has 0 saturated carbocycles. The van der Waals surface area contributed by atoms with Crippen molar-refractivity contribution in [3.05, 3.63) is 93.4 Å². The fraction of sp³-hybridized carbons (Fsp3) is 0.250. The zero-order chi connectivity index (χ0) is 20.0. The van der Waals surface area contributed by atoms with E-state index < -0.39 is 0 Å². The maximum absolute atomic E-state index is 6.09. The summed E-state index contributed by atoms with van der Waals surface area (Å²) in [6, 6.07) is 23.9. The second-order valence-corrected chi connectivity index (χ2v) is 8.47. The van der Waals surface area contributed by atoms with Gasteiger partial charge >= 0.3 is 0 Å². The first kappa shape index (κ1) is 20.9. The molecule has 0 aliphatic carbocycles. The van der Waals surface area contributed by atoms with E-state index in [0.717, 1.165) is 33.0 Å². The highest BCUT2D eigenvalue weighted by Crippen LogP contribution is 2.30. The van der Waals surface area contributed by atoms with Crippen molar-refractivity contribution in [2.45, 2.75) is 32.3 Å². The molecule has 0 aliphatic heterocycles. The van der Waals surface area contributed by atoms with Gasteiger partial charge in [-0.15, -0.1) is 0 Å². The average Bonchev–Trinajstić information content (AvgIpc) is 2.70. The van der Waals surface area contributed by atoms with Crippen LogP contribution in [0.5, 0.6) is 11.5 Å². The van der Waals surface area contributed by atoms with Crippen molar-refractivity contribution in [1.82, 2.24) is 0 Å². The van der Waals surface area contributed by atoms with E-state index in [4.69, 9.17) is 21.1 Å². The van der Waals surface area contributed by atoms with E-state index >= 15 is 0 Å². The van der Waals surface area contributed by atoms with Crippen LogP contribution < -0.4 is 4.74 Å². The second kappa shape index (κ2) is 9.60. The molecule has 3 aromatic carbocycles. The molecule has 2 nitrogen and oxygen atoms in total. The Morgan fingerprint density at radius 1 is 0.929 bits per heavy atom. The molecule has 0 fully saturated rings. The lowest BCUT2D eigenvalue weighted by Gasteiger charge is -2.29. The Labute approximate surface area is 180 Å². The maximum atomic E-state index is 6.09. The van der Waals surface area contributed by atoms with Gasteiger partial charge in [0.1, 0.15) is 11.5 Å². The molecule has 0 aromatic heterocycles. The number of ether oxygens (including phenoxy) is 2. The summed E-state index contributed by atoms with van der Waals surface area (Å²) in [7, 11) is 0. The summed E-state index contributed by atoms with van der Waals surface area (Å²) in [5, 5.41) is 0.755. The van der Waals surface area contributed by atoms with E-state index in [-0.39, 0.29) is 5.41 Å². The number of hydrogen-bond donors (Lipinski definition) is 0. The Balaban J connectivity index is 1.61. The van der Waals surface area contributed by atoms with Crippen LogP contribution in [0.3, 0.4) is 0 Å². The van der Waals surface area contributed by atoms with E-state index in [1.54, 1.807) is 0 Å². The van der Waals surface area contributed by atoms with Crippen molar-refractivity contribution < 1.29 is 9.47 Å². The third-order valence-electron chi connectivity index (χ3n) is 4.96. The van der Waals surface area contributed by atoms with Crippen molar-refractivity contribution >= 4 is 27.5 Å². The van der Waals surface area contributed by atoms with Gasteiger partial charge in [0, 0.05) is 14.9 Å². The molecule has 0 spiro atoms. The summed E-state index contributed by atoms with van der Waals surface area (Å²) in [4.78, 5) is 0. The first-order valence-corrected chi connectivity index (χ1v) is 10.5. The third-order valence-corrected chi connectivity index (χ3v) is 5.74. The van der Waals surface area contributed by atoms with E-state index in [1.807, 2.05) is 54.6 Å². The topological polar surface area (TPSA) is 18.5 Å². The summed E-state index contributed by atoms with van der Waals surface area (Å²) >= 11 is 9.46. The molecular formula is C24H24BrClO2. The van der Waals surface area contributed by atoms with Crippen molar-refractivity contribution in [2.75, 3.05) is 6.61 Å². The number of hydrogen-bond acceptors (Lipinski definition) is 2. The largest absolute Gasteiger partial charge is 0.457 e. The second-order valence-electron chi connectivity index (χ2n) is 7.12. The van der Waals surface area contributed by atoms with Crippen molar-refractivity contribution in [2.24, 2.45) is 0 Å². The van der Waals surface area contributed by atoms with E-state index in [1.165, 1.54) is 5.56 Å². The average molecular weight is 460 g/mol. The third kappa shape index (κ3) is 5.60. The highest BCUT2D eigenvalue weighted by atomic mass is 79.9. The molecule has 3 rings (SSSR count). The number of rotatable bonds is 8. The fourth-order valence-corrected chi connectivity index (χ4v) is 3.36. The lowest BCUT2D eigenvalue weighted by atomic mass is 9.81. The SMILES string of the molecule is CCC(C)(COCc1cccc(Oc2ccc(Br)cc2)c1)c1ccc(Cl)cc1. The summed E-state index contributed by atoms with van der Waals surface area (Å²) < 4.78 is 13.0. The van der Waals surface area contributed by atoms with Crippen LogP contribution in [0.2, 0.25) is 5.02 Å². The molecule has 3 aromatic rings. The minimum absolute atomic E-state index is 0.0455. The summed E-state index contributed by atoms with van der Waals surface area (Å²) in [6.45, 7) is 5.59. The Bertz CT molecular complexity index is 893. The van der Waals surface area contributed by atoms with Crippen LogP contribution in [-0.4, -0.2) is 6.61 Å². The standard InChI is InChI=1S/C24H24BrClO2/c1-3-24(2,19-7-11-21(26)12-8-19)17-27-16-18-5-4-6-23(15-18)28-22-13-9-20(25)10-14-22/h4-15H,3,16-17H2,1-2H3. The maximum Gasteiger partial charge on any atom is 0.127 e. The van der Waals surface area contributed by atoms with Gasteiger partial charge in [-0.3, -0.25) is 0 Å². The van der Waals surface area contributed by atoms with Gasteiger partial charge in [0.15, 0.2) is 0 Å². The van der Waals surface area contributed by atoms with Crippen molar-refractivity contribution in [3.8, 4) is 11.5 Å². The fourth-order valence-electron chi connectivity index (χ4n) is 2.97. The van der Waals surface area contributed by atoms with Crippen molar-refractivity contribution in [3.63, 3.8) is 0 Å². The molecule has 0 amide bonds. The zero-order valence-electron chi connectivity index (χ0n) is 16.1. The smallest absolute Gasteiger partial charge is 0.127 e. The first-order valence-electron chi connectivity index (χ1n) is 9.35. The Kier molecular flexibility index (Phi) is 7.17. The molecule has 1 unspecified atom stereocenters. The first-order chi connectivity index (χ1) is 13.5. The molecule has 4 heteroatoms. The van der Waals surface area contributed by atoms with Gasteiger partial charge in [-0.1, -0.05) is 65.6 Å². The minimum Gasteiger partial charge on any atom is -0.457 e. The van der Waals surface area contributed by atoms with Crippen molar-refractivity contribution in [1.29, 1.82) is 0 Å². The van der Waals surface area contributed by atoms with Crippen LogP contribution in [0, 0.1) is 0 Å². The van der Waals surface area contributed by atoms with Gasteiger partial charge in [0.2, 0.25) is 0 Å². The molecule has 146 valence electrons. The molecular weight excluding hydrogens is 436 g/mol. The highest BCUT2D eigenvalue weighted by Gasteiger charge is 2.24. The van der Waals surface area contributed by atoms with Crippen LogP contribution in [0.4, 0.5) is 0 Å². The van der Waals surface area contributed by atoms with Gasteiger partial charge in [-0.25, -0.2) is 0 Å². The summed E-state index contributed by atoms with van der Waals surface area (Å²) in [5.41, 5.74) is 2.28. The molecule has 28 heavy (non-hydrogen) atoms. The van der Waals surface area contributed by atoms with Crippen LogP contribution in [0.25, 0.3) is 0 Å². The van der Waals surface area contributed by atoms with Crippen LogP contribution in [0.1, 0.15) is 31.4 Å². The van der Waals surface area contributed by atoms with E-state index in [2.05, 4.69) is 48.0 Å². The van der Waals surface area contributed by atoms with Gasteiger partial charge in [-0.2, -0.15) is 0 Å². The number of benzene rings is 3. The van der Waals surface area contributed by atoms with Gasteiger partial charge in [0.25, 0.3) is 0 Å².